The molecule has 0 aromatic carbocycles. The number of hydrogen-bond acceptors (Lipinski definition) is 5. The fourth-order valence-corrected chi connectivity index (χ4v) is 6.40. The Morgan fingerprint density at radius 2 is 0.882 bits per heavy atom. The standard InChI is InChI=1S/C44H88N2O5/c1-5-8-11-13-15-17-19-21-23-25-27-29-37-49-40-35-46(44(48)32-31-43(47)45-34-33-42(4)51-39-10-7-3)36-41-50-38-30-28-26-24-22-20-18-16-14-12-9-6-2/h42H,5-41H2,1-4H3,(H,45,47). The average molecular weight is 725 g/mol. The first-order valence-electron chi connectivity index (χ1n) is 22.4. The van der Waals surface area contributed by atoms with Gasteiger partial charge in [0.05, 0.1) is 19.3 Å². The molecule has 0 radical (unpaired) electrons. The van der Waals surface area contributed by atoms with Crippen LogP contribution in [0.5, 0.6) is 0 Å². The molecule has 1 atom stereocenters. The van der Waals surface area contributed by atoms with Gasteiger partial charge in [0.1, 0.15) is 0 Å². The fourth-order valence-electron chi connectivity index (χ4n) is 6.40. The second-order valence-electron chi connectivity index (χ2n) is 15.1. The molecule has 0 aromatic heterocycles. The molecule has 0 aliphatic heterocycles. The van der Waals surface area contributed by atoms with Crippen LogP contribution >= 0.6 is 0 Å². The van der Waals surface area contributed by atoms with Crippen molar-refractivity contribution < 1.29 is 23.8 Å². The van der Waals surface area contributed by atoms with Gasteiger partial charge in [-0.3, -0.25) is 9.59 Å². The van der Waals surface area contributed by atoms with Crippen molar-refractivity contribution >= 4 is 11.8 Å². The largest absolute Gasteiger partial charge is 0.380 e. The summed E-state index contributed by atoms with van der Waals surface area (Å²) in [6.07, 6.45) is 35.4. The van der Waals surface area contributed by atoms with Crippen molar-refractivity contribution in [2.45, 2.75) is 220 Å². The lowest BCUT2D eigenvalue weighted by molar-refractivity contribution is -0.135. The summed E-state index contributed by atoms with van der Waals surface area (Å²) in [5.41, 5.74) is 0. The van der Waals surface area contributed by atoms with E-state index in [-0.39, 0.29) is 30.8 Å². The molecule has 0 rings (SSSR count). The molecule has 0 heterocycles. The van der Waals surface area contributed by atoms with Gasteiger partial charge in [-0.25, -0.2) is 0 Å². The van der Waals surface area contributed by atoms with Crippen molar-refractivity contribution in [3.63, 3.8) is 0 Å². The van der Waals surface area contributed by atoms with Gasteiger partial charge in [-0.15, -0.1) is 0 Å². The molecule has 0 aromatic rings. The molecule has 0 fully saturated rings. The number of rotatable bonds is 42. The van der Waals surface area contributed by atoms with E-state index < -0.39 is 0 Å². The van der Waals surface area contributed by atoms with E-state index in [0.29, 0.717) is 32.8 Å². The molecule has 7 nitrogen and oxygen atoms in total. The summed E-state index contributed by atoms with van der Waals surface area (Å²) in [7, 11) is 0. The number of nitrogens with one attached hydrogen (secondary N) is 1. The minimum absolute atomic E-state index is 0.00402. The first-order chi connectivity index (χ1) is 25.0. The zero-order valence-corrected chi connectivity index (χ0v) is 34.7. The normalized spacial score (nSPS) is 12.0. The zero-order chi connectivity index (χ0) is 37.3. The maximum atomic E-state index is 13.1. The van der Waals surface area contributed by atoms with Gasteiger partial charge in [-0.05, 0) is 32.6 Å². The highest BCUT2D eigenvalue weighted by Crippen LogP contribution is 2.13. The smallest absolute Gasteiger partial charge is 0.223 e. The Hall–Kier alpha value is -1.18. The van der Waals surface area contributed by atoms with Crippen LogP contribution in [0.2, 0.25) is 0 Å². The second kappa shape index (κ2) is 41.6. The van der Waals surface area contributed by atoms with Crippen molar-refractivity contribution in [3.05, 3.63) is 0 Å². The third kappa shape index (κ3) is 38.4. The molecule has 1 unspecified atom stereocenters. The minimum Gasteiger partial charge on any atom is -0.380 e. The lowest BCUT2D eigenvalue weighted by Crippen LogP contribution is -2.37. The molecule has 0 bridgehead atoms. The van der Waals surface area contributed by atoms with Crippen molar-refractivity contribution in [1.82, 2.24) is 10.2 Å². The van der Waals surface area contributed by atoms with Crippen molar-refractivity contribution in [1.29, 1.82) is 0 Å². The van der Waals surface area contributed by atoms with Crippen LogP contribution in [0.25, 0.3) is 0 Å². The highest BCUT2D eigenvalue weighted by atomic mass is 16.5. The van der Waals surface area contributed by atoms with Gasteiger partial charge in [0.25, 0.3) is 0 Å². The van der Waals surface area contributed by atoms with Gasteiger partial charge >= 0.3 is 0 Å². The van der Waals surface area contributed by atoms with Crippen LogP contribution in [-0.2, 0) is 23.8 Å². The molecular formula is C44H88N2O5. The van der Waals surface area contributed by atoms with Crippen molar-refractivity contribution in [2.75, 3.05) is 52.7 Å². The molecule has 51 heavy (non-hydrogen) atoms. The number of nitrogens with zero attached hydrogens (tertiary/aromatic N) is 1. The van der Waals surface area contributed by atoms with Gasteiger partial charge in [-0.1, -0.05) is 168 Å². The third-order valence-corrected chi connectivity index (χ3v) is 9.99. The molecule has 0 aliphatic carbocycles. The summed E-state index contributed by atoms with van der Waals surface area (Å²) in [5, 5.41) is 2.96. The molecule has 304 valence electrons. The predicted molar refractivity (Wildman–Crippen MR) is 218 cm³/mol. The maximum Gasteiger partial charge on any atom is 0.223 e. The topological polar surface area (TPSA) is 77.1 Å². The van der Waals surface area contributed by atoms with E-state index in [4.69, 9.17) is 14.2 Å². The van der Waals surface area contributed by atoms with Crippen LogP contribution < -0.4 is 5.32 Å². The van der Waals surface area contributed by atoms with E-state index in [2.05, 4.69) is 26.1 Å². The van der Waals surface area contributed by atoms with Crippen LogP contribution in [0.4, 0.5) is 0 Å². The Bertz CT molecular complexity index is 688. The van der Waals surface area contributed by atoms with Gasteiger partial charge in [0.15, 0.2) is 0 Å². The lowest BCUT2D eigenvalue weighted by atomic mass is 10.1. The van der Waals surface area contributed by atoms with E-state index >= 15 is 0 Å². The first-order valence-corrected chi connectivity index (χ1v) is 22.4. The van der Waals surface area contributed by atoms with E-state index in [0.717, 1.165) is 51.9 Å². The zero-order valence-electron chi connectivity index (χ0n) is 34.7. The number of hydrogen-bond donors (Lipinski definition) is 1. The molecule has 0 spiro atoms. The van der Waals surface area contributed by atoms with Crippen LogP contribution in [0.3, 0.4) is 0 Å². The molecule has 7 heteroatoms. The van der Waals surface area contributed by atoms with Gasteiger partial charge < -0.3 is 24.4 Å². The Kier molecular flexibility index (Phi) is 40.6. The third-order valence-electron chi connectivity index (χ3n) is 9.99. The van der Waals surface area contributed by atoms with Crippen molar-refractivity contribution in [2.24, 2.45) is 0 Å². The molecule has 0 saturated carbocycles. The SMILES string of the molecule is CCCCCCCCCCCCCCOCCN(CCOCCCCCCCCCCCCCC)C(=O)CCC(=O)NCCC(C)OCCCC. The summed E-state index contributed by atoms with van der Waals surface area (Å²) in [6.45, 7) is 13.7. The summed E-state index contributed by atoms with van der Waals surface area (Å²) in [5.74, 6) is -0.0696. The van der Waals surface area contributed by atoms with Gasteiger partial charge in [0, 0.05) is 52.3 Å². The minimum atomic E-state index is -0.0736. The van der Waals surface area contributed by atoms with E-state index in [1.54, 1.807) is 0 Å². The first kappa shape index (κ1) is 49.8. The lowest BCUT2D eigenvalue weighted by Gasteiger charge is -2.23. The summed E-state index contributed by atoms with van der Waals surface area (Å²) in [6, 6.07) is 0. The molecule has 2 amide bonds. The van der Waals surface area contributed by atoms with Gasteiger partial charge in [0.2, 0.25) is 11.8 Å². The Morgan fingerprint density at radius 3 is 1.29 bits per heavy atom. The molecule has 0 aliphatic rings. The predicted octanol–water partition coefficient (Wildman–Crippen LogP) is 11.7. The average Bonchev–Trinajstić information content (AvgIpc) is 3.13. The Labute approximate surface area is 317 Å². The van der Waals surface area contributed by atoms with Crippen molar-refractivity contribution in [3.8, 4) is 0 Å². The quantitative estimate of drug-likeness (QED) is 0.0634. The highest BCUT2D eigenvalue weighted by Gasteiger charge is 2.15. The van der Waals surface area contributed by atoms with Crippen LogP contribution in [0, 0.1) is 0 Å². The van der Waals surface area contributed by atoms with Gasteiger partial charge in [-0.2, -0.15) is 0 Å². The van der Waals surface area contributed by atoms with Crippen LogP contribution in [0.15, 0.2) is 0 Å². The van der Waals surface area contributed by atoms with Crippen LogP contribution in [-0.4, -0.2) is 75.5 Å². The van der Waals surface area contributed by atoms with E-state index in [1.165, 1.54) is 141 Å². The maximum absolute atomic E-state index is 13.1. The van der Waals surface area contributed by atoms with Crippen LogP contribution in [0.1, 0.15) is 214 Å². The van der Waals surface area contributed by atoms with E-state index in [1.807, 2.05) is 11.8 Å². The number of ether oxygens (including phenoxy) is 3. The number of amides is 2. The highest BCUT2D eigenvalue weighted by molar-refractivity contribution is 5.83. The summed E-state index contributed by atoms with van der Waals surface area (Å²) in [4.78, 5) is 27.4. The summed E-state index contributed by atoms with van der Waals surface area (Å²) >= 11 is 0. The number of carbonyl (C=O) groups is 2. The molecule has 1 N–H and O–H groups in total. The monoisotopic (exact) mass is 725 g/mol. The number of carbonyl (C=O) groups excluding carboxylic acids is 2. The van der Waals surface area contributed by atoms with E-state index in [9.17, 15) is 9.59 Å². The second-order valence-corrected chi connectivity index (χ2v) is 15.1. The fraction of sp³-hybridized carbons (Fsp3) is 0.955. The number of unbranched alkanes of at least 4 members (excludes halogenated alkanes) is 23. The Balaban J connectivity index is 4.22. The molecular weight excluding hydrogens is 636 g/mol. The summed E-state index contributed by atoms with van der Waals surface area (Å²) < 4.78 is 17.7. The molecule has 0 saturated heterocycles. The Morgan fingerprint density at radius 1 is 0.490 bits per heavy atom.